The molecule has 0 unspecified atom stereocenters. The van der Waals surface area contributed by atoms with E-state index in [1.165, 1.54) is 22.5 Å². The first-order chi connectivity index (χ1) is 11.4. The predicted octanol–water partition coefficient (Wildman–Crippen LogP) is 2.55. The summed E-state index contributed by atoms with van der Waals surface area (Å²) in [6.07, 6.45) is 0.656. The van der Waals surface area contributed by atoms with Gasteiger partial charge in [-0.3, -0.25) is 4.31 Å². The molecule has 0 atom stereocenters. The minimum Gasteiger partial charge on any atom is -0.480 e. The summed E-state index contributed by atoms with van der Waals surface area (Å²) in [6, 6.07) is 11.3. The molecule has 2 aromatic rings. The van der Waals surface area contributed by atoms with Crippen molar-refractivity contribution >= 4 is 33.3 Å². The van der Waals surface area contributed by atoms with Gasteiger partial charge in [0.05, 0.1) is 15.6 Å². The molecular weight excluding hydrogens is 354 g/mol. The van der Waals surface area contributed by atoms with Gasteiger partial charge < -0.3 is 9.84 Å². The second-order valence-electron chi connectivity index (χ2n) is 5.23. The van der Waals surface area contributed by atoms with Crippen LogP contribution in [0.4, 0.5) is 5.69 Å². The molecule has 3 rings (SSSR count). The molecule has 1 heterocycles. The number of para-hydroxylation sites is 1. The Hall–Kier alpha value is -2.25. The molecule has 0 radical (unpaired) electrons. The smallest absolute Gasteiger partial charge is 0.341 e. The molecule has 0 saturated carbocycles. The lowest BCUT2D eigenvalue weighted by atomic mass is 10.2. The minimum atomic E-state index is -3.75. The average Bonchev–Trinajstić information content (AvgIpc) is 2.98. The highest BCUT2D eigenvalue weighted by atomic mass is 35.5. The Morgan fingerprint density at radius 2 is 2.00 bits per heavy atom. The van der Waals surface area contributed by atoms with Crippen molar-refractivity contribution in [2.24, 2.45) is 0 Å². The van der Waals surface area contributed by atoms with Gasteiger partial charge in [0.15, 0.2) is 6.61 Å². The Labute approximate surface area is 144 Å². The van der Waals surface area contributed by atoms with Gasteiger partial charge in [0, 0.05) is 6.54 Å². The maximum absolute atomic E-state index is 12.9. The Kier molecular flexibility index (Phi) is 4.38. The lowest BCUT2D eigenvalue weighted by Crippen LogP contribution is -2.29. The van der Waals surface area contributed by atoms with Crippen LogP contribution in [0.25, 0.3) is 0 Å². The number of hydrogen-bond acceptors (Lipinski definition) is 4. The van der Waals surface area contributed by atoms with Crippen molar-refractivity contribution in [2.45, 2.75) is 11.3 Å². The molecule has 8 heteroatoms. The number of aliphatic carboxylic acids is 1. The number of sulfonamides is 1. The fraction of sp³-hybridized carbons (Fsp3) is 0.188. The predicted molar refractivity (Wildman–Crippen MR) is 89.3 cm³/mol. The maximum atomic E-state index is 12.9. The molecule has 0 fully saturated rings. The molecule has 0 spiro atoms. The van der Waals surface area contributed by atoms with E-state index >= 15 is 0 Å². The maximum Gasteiger partial charge on any atom is 0.341 e. The van der Waals surface area contributed by atoms with Gasteiger partial charge in [-0.25, -0.2) is 13.2 Å². The van der Waals surface area contributed by atoms with Gasteiger partial charge in [-0.15, -0.1) is 0 Å². The Bertz CT molecular complexity index is 897. The summed E-state index contributed by atoms with van der Waals surface area (Å²) in [5.74, 6) is -1.02. The molecule has 0 amide bonds. The van der Waals surface area contributed by atoms with E-state index in [1.807, 2.05) is 12.1 Å². The van der Waals surface area contributed by atoms with Crippen LogP contribution in [0.1, 0.15) is 5.56 Å². The molecule has 1 N–H and O–H groups in total. The van der Waals surface area contributed by atoms with Crippen LogP contribution >= 0.6 is 11.6 Å². The third-order valence-corrected chi connectivity index (χ3v) is 5.79. The van der Waals surface area contributed by atoms with Gasteiger partial charge >= 0.3 is 5.97 Å². The number of hydrogen-bond donors (Lipinski definition) is 1. The Morgan fingerprint density at radius 1 is 1.25 bits per heavy atom. The highest BCUT2D eigenvalue weighted by Gasteiger charge is 2.31. The van der Waals surface area contributed by atoms with Crippen molar-refractivity contribution in [1.82, 2.24) is 0 Å². The van der Waals surface area contributed by atoms with Crippen molar-refractivity contribution in [3.05, 3.63) is 53.1 Å². The third kappa shape index (κ3) is 3.05. The summed E-state index contributed by atoms with van der Waals surface area (Å²) in [6.45, 7) is -0.179. The summed E-state index contributed by atoms with van der Waals surface area (Å²) in [5, 5.41) is 8.66. The van der Waals surface area contributed by atoms with Crippen LogP contribution in [0, 0.1) is 0 Å². The zero-order valence-corrected chi connectivity index (χ0v) is 14.0. The molecule has 1 aliphatic rings. The summed E-state index contributed by atoms with van der Waals surface area (Å²) in [4.78, 5) is 10.6. The van der Waals surface area contributed by atoms with Crippen LogP contribution in [0.2, 0.25) is 5.02 Å². The summed E-state index contributed by atoms with van der Waals surface area (Å²) in [7, 11) is -3.75. The number of carboxylic acid groups (broad SMARTS) is 1. The molecule has 0 aromatic heterocycles. The largest absolute Gasteiger partial charge is 0.480 e. The normalized spacial score (nSPS) is 13.6. The van der Waals surface area contributed by atoms with E-state index in [9.17, 15) is 13.2 Å². The van der Waals surface area contributed by atoms with Crippen molar-refractivity contribution < 1.29 is 23.1 Å². The Morgan fingerprint density at radius 3 is 2.71 bits per heavy atom. The third-order valence-electron chi connectivity index (χ3n) is 3.69. The lowest BCUT2D eigenvalue weighted by molar-refractivity contribution is -0.139. The summed E-state index contributed by atoms with van der Waals surface area (Å²) in [5.41, 5.74) is 1.65. The second kappa shape index (κ2) is 6.33. The standard InChI is InChI=1S/C16H14ClNO5S/c17-13-9-12(5-6-15(13)23-10-16(19)20)24(21,22)18-8-7-11-3-1-2-4-14(11)18/h1-6,9H,7-8,10H2,(H,19,20). The van der Waals surface area contributed by atoms with E-state index in [0.29, 0.717) is 18.7 Å². The molecule has 0 bridgehead atoms. The van der Waals surface area contributed by atoms with Gasteiger partial charge in [-0.1, -0.05) is 29.8 Å². The number of carbonyl (C=O) groups is 1. The van der Waals surface area contributed by atoms with E-state index in [1.54, 1.807) is 12.1 Å². The molecule has 126 valence electrons. The number of carboxylic acids is 1. The fourth-order valence-corrected chi connectivity index (χ4v) is 4.41. The van der Waals surface area contributed by atoms with E-state index in [0.717, 1.165) is 5.56 Å². The molecular formula is C16H14ClNO5S. The first-order valence-electron chi connectivity index (χ1n) is 7.14. The SMILES string of the molecule is O=C(O)COc1ccc(S(=O)(=O)N2CCc3ccccc32)cc1Cl. The minimum absolute atomic E-state index is 0.0341. The molecule has 0 saturated heterocycles. The van der Waals surface area contributed by atoms with Gasteiger partial charge in [0.25, 0.3) is 10.0 Å². The number of halogens is 1. The number of benzene rings is 2. The van der Waals surface area contributed by atoms with Crippen LogP contribution in [0.5, 0.6) is 5.75 Å². The first-order valence-corrected chi connectivity index (χ1v) is 8.96. The number of ether oxygens (including phenoxy) is 1. The number of rotatable bonds is 5. The summed E-state index contributed by atoms with van der Waals surface area (Å²) < 4.78 is 32.1. The summed E-state index contributed by atoms with van der Waals surface area (Å²) >= 11 is 6.02. The van der Waals surface area contributed by atoms with Gasteiger partial charge in [0.1, 0.15) is 5.75 Å². The van der Waals surface area contributed by atoms with E-state index in [-0.39, 0.29) is 15.7 Å². The first kappa shape index (κ1) is 16.6. The fourth-order valence-electron chi connectivity index (χ4n) is 2.58. The zero-order valence-electron chi connectivity index (χ0n) is 12.5. The van der Waals surface area contributed by atoms with Crippen LogP contribution in [0.3, 0.4) is 0 Å². The molecule has 2 aromatic carbocycles. The van der Waals surface area contributed by atoms with Crippen molar-refractivity contribution in [2.75, 3.05) is 17.5 Å². The second-order valence-corrected chi connectivity index (χ2v) is 7.50. The van der Waals surface area contributed by atoms with Crippen LogP contribution in [0.15, 0.2) is 47.4 Å². The highest BCUT2D eigenvalue weighted by Crippen LogP contribution is 2.34. The molecule has 24 heavy (non-hydrogen) atoms. The number of fused-ring (bicyclic) bond motifs is 1. The average molecular weight is 368 g/mol. The van der Waals surface area contributed by atoms with Crippen molar-refractivity contribution in [3.8, 4) is 5.75 Å². The number of anilines is 1. The van der Waals surface area contributed by atoms with Gasteiger partial charge in [0.2, 0.25) is 0 Å². The van der Waals surface area contributed by atoms with E-state index in [2.05, 4.69) is 0 Å². The molecule has 6 nitrogen and oxygen atoms in total. The van der Waals surface area contributed by atoms with E-state index < -0.39 is 22.6 Å². The molecule has 1 aliphatic heterocycles. The lowest BCUT2D eigenvalue weighted by Gasteiger charge is -2.20. The quantitative estimate of drug-likeness (QED) is 0.878. The van der Waals surface area contributed by atoms with Crippen LogP contribution in [-0.4, -0.2) is 32.6 Å². The zero-order chi connectivity index (χ0) is 17.3. The monoisotopic (exact) mass is 367 g/mol. The van der Waals surface area contributed by atoms with Crippen LogP contribution < -0.4 is 9.04 Å². The van der Waals surface area contributed by atoms with Gasteiger partial charge in [-0.05, 0) is 36.2 Å². The van der Waals surface area contributed by atoms with Crippen LogP contribution in [-0.2, 0) is 21.2 Å². The highest BCUT2D eigenvalue weighted by molar-refractivity contribution is 7.92. The van der Waals surface area contributed by atoms with Crippen molar-refractivity contribution in [1.29, 1.82) is 0 Å². The topological polar surface area (TPSA) is 83.9 Å². The van der Waals surface area contributed by atoms with Crippen molar-refractivity contribution in [3.63, 3.8) is 0 Å². The number of nitrogens with zero attached hydrogens (tertiary/aromatic N) is 1. The van der Waals surface area contributed by atoms with E-state index in [4.69, 9.17) is 21.4 Å². The Balaban J connectivity index is 1.91. The van der Waals surface area contributed by atoms with Gasteiger partial charge in [-0.2, -0.15) is 0 Å². The molecule has 0 aliphatic carbocycles.